The van der Waals surface area contributed by atoms with Gasteiger partial charge in [-0.25, -0.2) is 19.2 Å². The molecule has 3 heterocycles. The van der Waals surface area contributed by atoms with Gasteiger partial charge >= 0.3 is 12.1 Å². The Morgan fingerprint density at radius 1 is 1.20 bits per heavy atom. The summed E-state index contributed by atoms with van der Waals surface area (Å²) >= 11 is 8.12. The molecule has 5 N–H and O–H groups in total. The minimum atomic E-state index is -5.08. The SMILES string of the molecule is NC[C@@H](O)Cn1cc2c(n1)CCc1c-2sc2ncnc(Nc3ccc(OCc4cccc(F)c4)c(Cl)c3)c12.O=C(O)C(F)(F)F. The average molecular weight is 665 g/mol. The number of ether oxygens (including phenoxy) is 1. The Balaban J connectivity index is 0.000000515. The summed E-state index contributed by atoms with van der Waals surface area (Å²) in [6, 6.07) is 11.7. The molecular formula is C29H25ClF4N6O4S. The number of carboxylic acid groups (broad SMARTS) is 1. The van der Waals surface area contributed by atoms with E-state index in [4.69, 9.17) is 32.0 Å². The minimum Gasteiger partial charge on any atom is -0.487 e. The Labute approximate surface area is 262 Å². The third kappa shape index (κ3) is 7.50. The van der Waals surface area contributed by atoms with Crippen molar-refractivity contribution in [3.05, 3.63) is 82.6 Å². The normalized spacial score (nSPS) is 13.0. The van der Waals surface area contributed by atoms with Gasteiger partial charge in [-0.1, -0.05) is 23.7 Å². The molecule has 0 bridgehead atoms. The molecule has 45 heavy (non-hydrogen) atoms. The number of hydrogen-bond donors (Lipinski definition) is 4. The number of alkyl halides is 3. The Bertz CT molecular complexity index is 1850. The summed E-state index contributed by atoms with van der Waals surface area (Å²) in [5.74, 6) is -1.86. The summed E-state index contributed by atoms with van der Waals surface area (Å²) < 4.78 is 52.7. The van der Waals surface area contributed by atoms with Gasteiger partial charge in [0.15, 0.2) is 0 Å². The van der Waals surface area contributed by atoms with Gasteiger partial charge in [0.25, 0.3) is 0 Å². The van der Waals surface area contributed by atoms with Crippen LogP contribution in [0, 0.1) is 5.82 Å². The molecule has 1 aliphatic carbocycles. The number of benzene rings is 2. The summed E-state index contributed by atoms with van der Waals surface area (Å²) in [6.45, 7) is 0.758. The van der Waals surface area contributed by atoms with Crippen LogP contribution in [-0.2, 0) is 30.8 Å². The fraction of sp³-hybridized carbons (Fsp3) is 0.241. The van der Waals surface area contributed by atoms with Crippen LogP contribution in [0.1, 0.15) is 16.8 Å². The predicted molar refractivity (Wildman–Crippen MR) is 160 cm³/mol. The van der Waals surface area contributed by atoms with E-state index in [0.29, 0.717) is 23.1 Å². The molecule has 0 saturated heterocycles. The zero-order valence-electron chi connectivity index (χ0n) is 23.2. The minimum absolute atomic E-state index is 0.188. The molecule has 1 aliphatic rings. The van der Waals surface area contributed by atoms with Crippen LogP contribution < -0.4 is 15.8 Å². The van der Waals surface area contributed by atoms with Gasteiger partial charge in [0.2, 0.25) is 0 Å². The fourth-order valence-corrected chi connectivity index (χ4v) is 6.08. The lowest BCUT2D eigenvalue weighted by molar-refractivity contribution is -0.192. The lowest BCUT2D eigenvalue weighted by Gasteiger charge is -2.13. The summed E-state index contributed by atoms with van der Waals surface area (Å²) in [5.41, 5.74) is 10.3. The van der Waals surface area contributed by atoms with Crippen LogP contribution in [-0.4, -0.2) is 54.8 Å². The quantitative estimate of drug-likeness (QED) is 0.153. The number of hydrogen-bond acceptors (Lipinski definition) is 9. The predicted octanol–water partition coefficient (Wildman–Crippen LogP) is 5.72. The molecule has 10 nitrogen and oxygen atoms in total. The lowest BCUT2D eigenvalue weighted by atomic mass is 9.95. The highest BCUT2D eigenvalue weighted by Gasteiger charge is 2.38. The average Bonchev–Trinajstić information content (AvgIpc) is 3.58. The van der Waals surface area contributed by atoms with E-state index in [9.17, 15) is 22.7 Å². The first-order valence-electron chi connectivity index (χ1n) is 13.4. The lowest BCUT2D eigenvalue weighted by Crippen LogP contribution is -2.25. The van der Waals surface area contributed by atoms with Crippen LogP contribution in [0.5, 0.6) is 5.75 Å². The molecule has 0 radical (unpaired) electrons. The van der Waals surface area contributed by atoms with Gasteiger partial charge < -0.3 is 26.0 Å². The first-order valence-corrected chi connectivity index (χ1v) is 14.6. The molecule has 2 aromatic carbocycles. The van der Waals surface area contributed by atoms with Crippen LogP contribution in [0.25, 0.3) is 20.7 Å². The van der Waals surface area contributed by atoms with Crippen LogP contribution in [0.4, 0.5) is 29.1 Å². The maximum atomic E-state index is 13.4. The van der Waals surface area contributed by atoms with Crippen molar-refractivity contribution in [2.45, 2.75) is 38.3 Å². The number of nitrogens with two attached hydrogens (primary N) is 1. The topological polar surface area (TPSA) is 148 Å². The molecule has 1 atom stereocenters. The van der Waals surface area contributed by atoms with E-state index in [2.05, 4.69) is 20.4 Å². The van der Waals surface area contributed by atoms with Crippen molar-refractivity contribution in [3.8, 4) is 16.2 Å². The van der Waals surface area contributed by atoms with E-state index in [0.717, 1.165) is 50.4 Å². The molecule has 0 unspecified atom stereocenters. The molecule has 16 heteroatoms. The molecule has 0 fully saturated rings. The van der Waals surface area contributed by atoms with Crippen molar-refractivity contribution in [1.29, 1.82) is 0 Å². The molecule has 0 amide bonds. The molecule has 6 rings (SSSR count). The van der Waals surface area contributed by atoms with E-state index < -0.39 is 18.2 Å². The number of fused-ring (bicyclic) bond motifs is 5. The number of aliphatic carboxylic acids is 1. The zero-order valence-corrected chi connectivity index (χ0v) is 24.8. The number of carbonyl (C=O) groups is 1. The molecular weight excluding hydrogens is 640 g/mol. The number of aliphatic hydroxyl groups excluding tert-OH is 1. The highest BCUT2D eigenvalue weighted by atomic mass is 35.5. The van der Waals surface area contributed by atoms with Crippen molar-refractivity contribution in [3.63, 3.8) is 0 Å². The molecule has 0 spiro atoms. The van der Waals surface area contributed by atoms with Gasteiger partial charge in [-0.15, -0.1) is 11.3 Å². The second kappa shape index (κ2) is 13.4. The largest absolute Gasteiger partial charge is 0.490 e. The second-order valence-electron chi connectivity index (χ2n) is 9.90. The highest BCUT2D eigenvalue weighted by Crippen LogP contribution is 2.45. The number of thiophene rings is 1. The van der Waals surface area contributed by atoms with Crippen LogP contribution >= 0.6 is 22.9 Å². The first-order chi connectivity index (χ1) is 21.4. The number of aryl methyl sites for hydroxylation is 2. The summed E-state index contributed by atoms with van der Waals surface area (Å²) in [4.78, 5) is 20.0. The standard InChI is InChI=1S/C27H24ClFN6O2S.C2HF3O2/c28-21-9-17(4-7-23(21)37-13-15-2-1-3-16(29)8-15)33-26-24-19-5-6-22-20(12-35(34-22)11-18(36)10-30)25(19)38-27(24)32-14-31-26;3-2(4,5)1(6)7/h1-4,7-9,12,14,18,36H,5-6,10-11,13,30H2,(H,31,32,33);(H,6,7)/t18-;/m1./s1. The maximum absolute atomic E-state index is 13.4. The number of carboxylic acids is 1. The summed E-state index contributed by atoms with van der Waals surface area (Å²) in [5, 5.41) is 26.5. The molecule has 0 saturated carbocycles. The van der Waals surface area contributed by atoms with Gasteiger partial charge in [-0.05, 0) is 54.3 Å². The van der Waals surface area contributed by atoms with Crippen molar-refractivity contribution < 1.29 is 37.3 Å². The Morgan fingerprint density at radius 3 is 2.67 bits per heavy atom. The summed E-state index contributed by atoms with van der Waals surface area (Å²) in [7, 11) is 0. The van der Waals surface area contributed by atoms with Crippen LogP contribution in [0.15, 0.2) is 55.0 Å². The van der Waals surface area contributed by atoms with E-state index in [-0.39, 0.29) is 19.0 Å². The van der Waals surface area contributed by atoms with E-state index in [1.807, 2.05) is 12.3 Å². The van der Waals surface area contributed by atoms with Gasteiger partial charge in [0, 0.05) is 28.9 Å². The summed E-state index contributed by atoms with van der Waals surface area (Å²) in [6.07, 6.45) is -0.590. The van der Waals surface area contributed by atoms with E-state index in [1.54, 1.807) is 46.6 Å². The number of rotatable bonds is 8. The fourth-order valence-electron chi connectivity index (χ4n) is 4.62. The van der Waals surface area contributed by atoms with Crippen molar-refractivity contribution in [2.24, 2.45) is 5.73 Å². The Hall–Kier alpha value is -4.31. The first kappa shape index (κ1) is 32.1. The van der Waals surface area contributed by atoms with Crippen molar-refractivity contribution in [2.75, 3.05) is 11.9 Å². The number of nitrogens with zero attached hydrogens (tertiary/aromatic N) is 4. The number of aliphatic hydroxyl groups is 1. The van der Waals surface area contributed by atoms with E-state index >= 15 is 0 Å². The Morgan fingerprint density at radius 2 is 1.98 bits per heavy atom. The highest BCUT2D eigenvalue weighted by molar-refractivity contribution is 7.22. The van der Waals surface area contributed by atoms with Gasteiger partial charge in [0.1, 0.15) is 35.1 Å². The monoisotopic (exact) mass is 664 g/mol. The van der Waals surface area contributed by atoms with Gasteiger partial charge in [-0.2, -0.15) is 18.3 Å². The molecule has 3 aromatic heterocycles. The number of anilines is 2. The molecule has 0 aliphatic heterocycles. The van der Waals surface area contributed by atoms with Crippen molar-refractivity contribution in [1.82, 2.24) is 19.7 Å². The zero-order chi connectivity index (χ0) is 32.3. The molecule has 236 valence electrons. The van der Waals surface area contributed by atoms with E-state index in [1.165, 1.54) is 17.7 Å². The maximum Gasteiger partial charge on any atom is 0.490 e. The third-order valence-electron chi connectivity index (χ3n) is 6.67. The van der Waals surface area contributed by atoms with Gasteiger partial charge in [-0.3, -0.25) is 4.68 Å². The molecule has 5 aromatic rings. The van der Waals surface area contributed by atoms with Crippen molar-refractivity contribution >= 4 is 50.6 Å². The Kier molecular flexibility index (Phi) is 9.53. The number of halogens is 5. The van der Waals surface area contributed by atoms with Crippen LogP contribution in [0.3, 0.4) is 0 Å². The number of aromatic nitrogens is 4. The van der Waals surface area contributed by atoms with Gasteiger partial charge in [0.05, 0.1) is 28.8 Å². The second-order valence-corrected chi connectivity index (χ2v) is 11.3. The third-order valence-corrected chi connectivity index (χ3v) is 8.14. The number of nitrogens with one attached hydrogen (secondary N) is 1. The van der Waals surface area contributed by atoms with Crippen LogP contribution in [0.2, 0.25) is 5.02 Å². The smallest absolute Gasteiger partial charge is 0.487 e.